The van der Waals surface area contributed by atoms with Crippen molar-refractivity contribution in [2.24, 2.45) is 27.9 Å². The SMILES string of the molecule is NCCCCC(NC(=O)C(N)CCCN=C(N)N)C(=O)N1CCCC1C(=O)NC(CO)C(=O)O. The first kappa shape index (κ1) is 29.1. The van der Waals surface area contributed by atoms with E-state index in [-0.39, 0.29) is 12.5 Å². The molecule has 1 heterocycles. The summed E-state index contributed by atoms with van der Waals surface area (Å²) in [6.07, 6.45) is 3.18. The van der Waals surface area contributed by atoms with Gasteiger partial charge >= 0.3 is 5.97 Å². The summed E-state index contributed by atoms with van der Waals surface area (Å²) in [6.45, 7) is 0.242. The number of unbranched alkanes of at least 4 members (excludes halogenated alkanes) is 1. The lowest BCUT2D eigenvalue weighted by Gasteiger charge is -2.30. The van der Waals surface area contributed by atoms with Gasteiger partial charge in [-0.15, -0.1) is 0 Å². The van der Waals surface area contributed by atoms with E-state index in [0.29, 0.717) is 58.0 Å². The number of aliphatic hydroxyl groups excluding tert-OH is 1. The van der Waals surface area contributed by atoms with E-state index < -0.39 is 54.5 Å². The number of hydrogen-bond donors (Lipinski definition) is 8. The summed E-state index contributed by atoms with van der Waals surface area (Å²) in [5, 5.41) is 23.2. The van der Waals surface area contributed by atoms with Crippen LogP contribution in [0.15, 0.2) is 4.99 Å². The largest absolute Gasteiger partial charge is 0.480 e. The molecule has 0 spiro atoms. The minimum atomic E-state index is -1.47. The Hall–Kier alpha value is -2.97. The Morgan fingerprint density at radius 1 is 1.06 bits per heavy atom. The number of nitrogens with two attached hydrogens (primary N) is 4. The summed E-state index contributed by atoms with van der Waals surface area (Å²) < 4.78 is 0. The van der Waals surface area contributed by atoms with Crippen molar-refractivity contribution in [3.63, 3.8) is 0 Å². The van der Waals surface area contributed by atoms with Crippen molar-refractivity contribution in [3.8, 4) is 0 Å². The van der Waals surface area contributed by atoms with Gasteiger partial charge in [0.2, 0.25) is 17.7 Å². The van der Waals surface area contributed by atoms with Crippen molar-refractivity contribution in [3.05, 3.63) is 0 Å². The molecule has 0 bridgehead atoms. The van der Waals surface area contributed by atoms with Crippen molar-refractivity contribution < 1.29 is 29.4 Å². The normalized spacial score (nSPS) is 18.0. The highest BCUT2D eigenvalue weighted by Gasteiger charge is 2.38. The number of aliphatic carboxylic acids is 1. The first-order valence-electron chi connectivity index (χ1n) is 11.4. The van der Waals surface area contributed by atoms with Crippen molar-refractivity contribution in [1.29, 1.82) is 0 Å². The van der Waals surface area contributed by atoms with E-state index in [1.165, 1.54) is 4.90 Å². The number of amides is 3. The molecule has 12 N–H and O–H groups in total. The lowest BCUT2D eigenvalue weighted by atomic mass is 10.1. The molecule has 34 heavy (non-hydrogen) atoms. The Morgan fingerprint density at radius 3 is 2.35 bits per heavy atom. The van der Waals surface area contributed by atoms with Crippen molar-refractivity contribution in [2.45, 2.75) is 69.1 Å². The van der Waals surface area contributed by atoms with Gasteiger partial charge in [0.1, 0.15) is 18.1 Å². The van der Waals surface area contributed by atoms with Crippen LogP contribution in [0.3, 0.4) is 0 Å². The minimum Gasteiger partial charge on any atom is -0.480 e. The molecule has 0 aromatic heterocycles. The third kappa shape index (κ3) is 9.49. The zero-order chi connectivity index (χ0) is 25.7. The van der Waals surface area contributed by atoms with Crippen molar-refractivity contribution in [2.75, 3.05) is 26.2 Å². The van der Waals surface area contributed by atoms with Gasteiger partial charge in [-0.1, -0.05) is 0 Å². The van der Waals surface area contributed by atoms with E-state index in [2.05, 4.69) is 15.6 Å². The van der Waals surface area contributed by atoms with Gasteiger partial charge in [-0.25, -0.2) is 4.79 Å². The molecule has 1 rings (SSSR count). The lowest BCUT2D eigenvalue weighted by molar-refractivity contribution is -0.145. The van der Waals surface area contributed by atoms with E-state index in [1.807, 2.05) is 0 Å². The molecule has 1 fully saturated rings. The van der Waals surface area contributed by atoms with Gasteiger partial charge < -0.3 is 48.7 Å². The molecule has 0 aromatic carbocycles. The van der Waals surface area contributed by atoms with Crippen LogP contribution in [-0.4, -0.2) is 95.2 Å². The number of nitrogens with zero attached hydrogens (tertiary/aromatic N) is 2. The molecule has 14 heteroatoms. The highest BCUT2D eigenvalue weighted by Crippen LogP contribution is 2.20. The second-order valence-electron chi connectivity index (χ2n) is 8.17. The summed E-state index contributed by atoms with van der Waals surface area (Å²) in [4.78, 5) is 54.8. The summed E-state index contributed by atoms with van der Waals surface area (Å²) >= 11 is 0. The first-order chi connectivity index (χ1) is 16.1. The van der Waals surface area contributed by atoms with E-state index in [0.717, 1.165) is 0 Å². The zero-order valence-electron chi connectivity index (χ0n) is 19.3. The Kier molecular flexibility index (Phi) is 12.8. The number of likely N-dealkylation sites (tertiary alicyclic amines) is 1. The van der Waals surface area contributed by atoms with Crippen LogP contribution < -0.4 is 33.6 Å². The second kappa shape index (κ2) is 15.0. The number of aliphatic hydroxyl groups is 1. The standard InChI is InChI=1S/C20H38N8O6/c21-8-2-1-6-13(26-16(30)12(22)5-3-9-25-20(23)24)18(32)28-10-4-7-15(28)17(31)27-14(11-29)19(33)34/h12-15,29H,1-11,21-22H2,(H,26,30)(H,27,31)(H,33,34)(H4,23,24,25). The first-order valence-corrected chi connectivity index (χ1v) is 11.4. The number of rotatable bonds is 15. The highest BCUT2D eigenvalue weighted by atomic mass is 16.4. The molecule has 14 nitrogen and oxygen atoms in total. The monoisotopic (exact) mass is 486 g/mol. The Balaban J connectivity index is 2.84. The van der Waals surface area contributed by atoms with Gasteiger partial charge in [0.25, 0.3) is 0 Å². The Bertz CT molecular complexity index is 730. The topological polar surface area (TPSA) is 252 Å². The van der Waals surface area contributed by atoms with E-state index in [9.17, 15) is 19.2 Å². The molecule has 1 saturated heterocycles. The minimum absolute atomic E-state index is 0.0542. The molecule has 0 aliphatic carbocycles. The van der Waals surface area contributed by atoms with Crippen LogP contribution in [0.4, 0.5) is 0 Å². The maximum Gasteiger partial charge on any atom is 0.328 e. The number of carbonyl (C=O) groups excluding carboxylic acids is 3. The van der Waals surface area contributed by atoms with Gasteiger partial charge in [0.15, 0.2) is 5.96 Å². The third-order valence-electron chi connectivity index (χ3n) is 5.50. The Morgan fingerprint density at radius 2 is 1.76 bits per heavy atom. The molecule has 3 amide bonds. The van der Waals surface area contributed by atoms with Crippen LogP contribution in [0.5, 0.6) is 0 Å². The zero-order valence-corrected chi connectivity index (χ0v) is 19.3. The van der Waals surface area contributed by atoms with Crippen LogP contribution >= 0.6 is 0 Å². The average Bonchev–Trinajstić information content (AvgIpc) is 3.28. The molecule has 0 aromatic rings. The van der Waals surface area contributed by atoms with Crippen LogP contribution in [0.2, 0.25) is 0 Å². The van der Waals surface area contributed by atoms with Crippen LogP contribution in [0.1, 0.15) is 44.9 Å². The predicted octanol–water partition coefficient (Wildman–Crippen LogP) is -3.47. The third-order valence-corrected chi connectivity index (χ3v) is 5.50. The number of carboxylic acids is 1. The number of guanidine groups is 1. The van der Waals surface area contributed by atoms with Gasteiger partial charge in [-0.05, 0) is 51.5 Å². The van der Waals surface area contributed by atoms with Crippen molar-refractivity contribution >= 4 is 29.7 Å². The second-order valence-corrected chi connectivity index (χ2v) is 8.17. The van der Waals surface area contributed by atoms with Crippen LogP contribution in [0.25, 0.3) is 0 Å². The fourth-order valence-electron chi connectivity index (χ4n) is 3.64. The predicted molar refractivity (Wildman–Crippen MR) is 124 cm³/mol. The molecule has 4 atom stereocenters. The van der Waals surface area contributed by atoms with Crippen LogP contribution in [0, 0.1) is 0 Å². The van der Waals surface area contributed by atoms with E-state index in [1.54, 1.807) is 0 Å². The fraction of sp³-hybridized carbons (Fsp3) is 0.750. The number of carbonyl (C=O) groups is 4. The number of carboxylic acid groups (broad SMARTS) is 1. The summed E-state index contributed by atoms with van der Waals surface area (Å²) in [5.41, 5.74) is 22.0. The molecule has 1 aliphatic rings. The molecule has 1 aliphatic heterocycles. The van der Waals surface area contributed by atoms with Crippen LogP contribution in [-0.2, 0) is 19.2 Å². The summed E-state index contributed by atoms with van der Waals surface area (Å²) in [5.74, 6) is -3.07. The van der Waals surface area contributed by atoms with Gasteiger partial charge in [-0.2, -0.15) is 0 Å². The molecule has 4 unspecified atom stereocenters. The smallest absolute Gasteiger partial charge is 0.328 e. The van der Waals surface area contributed by atoms with Gasteiger partial charge in [0.05, 0.1) is 12.6 Å². The maximum absolute atomic E-state index is 13.3. The molecule has 194 valence electrons. The van der Waals surface area contributed by atoms with E-state index >= 15 is 0 Å². The number of hydrogen-bond acceptors (Lipinski definition) is 8. The summed E-state index contributed by atoms with van der Waals surface area (Å²) in [7, 11) is 0. The Labute approximate surface area is 198 Å². The quantitative estimate of drug-likeness (QED) is 0.0644. The molecule has 0 saturated carbocycles. The van der Waals surface area contributed by atoms with Gasteiger partial charge in [-0.3, -0.25) is 19.4 Å². The summed E-state index contributed by atoms with van der Waals surface area (Å²) in [6, 6.07) is -4.16. The molecular formula is C20H38N8O6. The van der Waals surface area contributed by atoms with Crippen molar-refractivity contribution in [1.82, 2.24) is 15.5 Å². The lowest BCUT2D eigenvalue weighted by Crippen LogP contribution is -2.57. The maximum atomic E-state index is 13.3. The molecular weight excluding hydrogens is 448 g/mol. The average molecular weight is 487 g/mol. The van der Waals surface area contributed by atoms with E-state index in [4.69, 9.17) is 33.1 Å². The highest BCUT2D eigenvalue weighted by molar-refractivity contribution is 5.94. The number of nitrogens with one attached hydrogen (secondary N) is 2. The fourth-order valence-corrected chi connectivity index (χ4v) is 3.64. The van der Waals surface area contributed by atoms with Gasteiger partial charge in [0, 0.05) is 13.1 Å². The molecule has 0 radical (unpaired) electrons. The number of aliphatic imine (C=N–C) groups is 1.